The normalized spacial score (nSPS) is 22.9. The minimum absolute atomic E-state index is 0.307. The molecule has 1 saturated heterocycles. The van der Waals surface area contributed by atoms with E-state index in [1.807, 2.05) is 6.92 Å². The van der Waals surface area contributed by atoms with Gasteiger partial charge in [-0.3, -0.25) is 0 Å². The molecule has 0 aliphatic carbocycles. The van der Waals surface area contributed by atoms with E-state index in [0.717, 1.165) is 32.4 Å². The van der Waals surface area contributed by atoms with Crippen molar-refractivity contribution in [3.63, 3.8) is 0 Å². The van der Waals surface area contributed by atoms with Crippen LogP contribution in [0.3, 0.4) is 0 Å². The molecule has 3 nitrogen and oxygen atoms in total. The van der Waals surface area contributed by atoms with Crippen LogP contribution in [-0.2, 0) is 10.2 Å². The maximum absolute atomic E-state index is 12.6. The molecule has 1 aliphatic heterocycles. The maximum Gasteiger partial charge on any atom is 0.302 e. The molecule has 0 aromatic carbocycles. The highest BCUT2D eigenvalue weighted by Crippen LogP contribution is 2.34. The third-order valence-corrected chi connectivity index (χ3v) is 3.85. The summed E-state index contributed by atoms with van der Waals surface area (Å²) in [5, 5.41) is 3.14. The molecule has 0 aromatic rings. The van der Waals surface area contributed by atoms with Crippen molar-refractivity contribution in [3.05, 3.63) is 0 Å². The maximum atomic E-state index is 12.6. The molecule has 0 spiro atoms. The number of nitrogens with one attached hydrogen (secondary N) is 1. The Morgan fingerprint density at radius 1 is 1.38 bits per heavy atom. The molecule has 0 atom stereocenters. The minimum atomic E-state index is -4.32. The number of hydrogen-bond acceptors (Lipinski definition) is 3. The fraction of sp³-hybridized carbons (Fsp3) is 1.00. The van der Waals surface area contributed by atoms with Gasteiger partial charge in [0.1, 0.15) is 0 Å². The molecule has 0 amide bonds. The average Bonchev–Trinajstić information content (AvgIpc) is 2.03. The summed E-state index contributed by atoms with van der Waals surface area (Å²) in [5.74, 6) is -0.307. The topological polar surface area (TPSA) is 46.2 Å². The van der Waals surface area contributed by atoms with Crippen LogP contribution in [-0.4, -0.2) is 27.3 Å². The number of piperidine rings is 1. The molecule has 0 aromatic heterocycles. The second-order valence-electron chi connectivity index (χ2n) is 3.79. The summed E-state index contributed by atoms with van der Waals surface area (Å²) in [6, 6.07) is 0. The van der Waals surface area contributed by atoms with Gasteiger partial charge in [0.25, 0.3) is 0 Å². The lowest BCUT2D eigenvalue weighted by Crippen LogP contribution is -2.40. The Morgan fingerprint density at radius 2 is 1.92 bits per heavy atom. The lowest BCUT2D eigenvalue weighted by atomic mass is 9.78. The first-order valence-corrected chi connectivity index (χ1v) is 6.16. The van der Waals surface area contributed by atoms with Crippen molar-refractivity contribution in [1.82, 2.24) is 5.32 Å². The van der Waals surface area contributed by atoms with Crippen LogP contribution in [0.4, 0.5) is 3.89 Å². The highest BCUT2D eigenvalue weighted by molar-refractivity contribution is 7.86. The summed E-state index contributed by atoms with van der Waals surface area (Å²) in [4.78, 5) is 0. The standard InChI is InChI=1S/C8H16FNO2S/c1-2-8(7-13(9,11)12)3-5-10-6-4-8/h10H,2-7H2,1H3. The molecule has 1 heterocycles. The molecule has 0 unspecified atom stereocenters. The van der Waals surface area contributed by atoms with Crippen molar-refractivity contribution in [2.45, 2.75) is 26.2 Å². The quantitative estimate of drug-likeness (QED) is 0.707. The number of halogens is 1. The highest BCUT2D eigenvalue weighted by Gasteiger charge is 2.34. The van der Waals surface area contributed by atoms with E-state index in [0.29, 0.717) is 0 Å². The van der Waals surface area contributed by atoms with E-state index in [4.69, 9.17) is 0 Å². The van der Waals surface area contributed by atoms with Crippen LogP contribution >= 0.6 is 0 Å². The van der Waals surface area contributed by atoms with E-state index < -0.39 is 10.2 Å². The van der Waals surface area contributed by atoms with Gasteiger partial charge in [-0.2, -0.15) is 8.42 Å². The van der Waals surface area contributed by atoms with Crippen molar-refractivity contribution in [1.29, 1.82) is 0 Å². The Morgan fingerprint density at radius 3 is 2.31 bits per heavy atom. The van der Waals surface area contributed by atoms with Gasteiger partial charge in [0.15, 0.2) is 0 Å². The van der Waals surface area contributed by atoms with Crippen LogP contribution < -0.4 is 5.32 Å². The molecular weight excluding hydrogens is 193 g/mol. The van der Waals surface area contributed by atoms with E-state index in [-0.39, 0.29) is 11.2 Å². The first-order valence-electron chi connectivity index (χ1n) is 4.60. The van der Waals surface area contributed by atoms with Crippen molar-refractivity contribution >= 4 is 10.2 Å². The fourth-order valence-corrected chi connectivity index (χ4v) is 3.15. The summed E-state index contributed by atoms with van der Waals surface area (Å²) in [5.41, 5.74) is -0.321. The Kier molecular flexibility index (Phi) is 3.29. The van der Waals surface area contributed by atoms with Gasteiger partial charge in [-0.1, -0.05) is 6.92 Å². The van der Waals surface area contributed by atoms with Gasteiger partial charge in [0, 0.05) is 0 Å². The summed E-state index contributed by atoms with van der Waals surface area (Å²) in [7, 11) is -4.32. The van der Waals surface area contributed by atoms with Gasteiger partial charge in [-0.25, -0.2) is 0 Å². The average molecular weight is 209 g/mol. The predicted molar refractivity (Wildman–Crippen MR) is 49.7 cm³/mol. The van der Waals surface area contributed by atoms with Gasteiger partial charge in [0.05, 0.1) is 5.75 Å². The molecule has 1 N–H and O–H groups in total. The van der Waals surface area contributed by atoms with E-state index in [9.17, 15) is 12.3 Å². The smallest absolute Gasteiger partial charge is 0.302 e. The Labute approximate surface area is 78.9 Å². The largest absolute Gasteiger partial charge is 0.317 e. The Balaban J connectivity index is 2.68. The van der Waals surface area contributed by atoms with Crippen LogP contribution in [0.1, 0.15) is 26.2 Å². The first kappa shape index (κ1) is 10.9. The lowest BCUT2D eigenvalue weighted by molar-refractivity contribution is 0.222. The molecule has 0 radical (unpaired) electrons. The molecule has 1 fully saturated rings. The van der Waals surface area contributed by atoms with Crippen molar-refractivity contribution < 1.29 is 12.3 Å². The van der Waals surface area contributed by atoms with Gasteiger partial charge in [-0.05, 0) is 37.8 Å². The molecular formula is C8H16FNO2S. The van der Waals surface area contributed by atoms with Crippen LogP contribution in [0, 0.1) is 5.41 Å². The second-order valence-corrected chi connectivity index (χ2v) is 5.15. The second kappa shape index (κ2) is 3.92. The predicted octanol–water partition coefficient (Wildman–Crippen LogP) is 1.07. The van der Waals surface area contributed by atoms with E-state index in [1.54, 1.807) is 0 Å². The van der Waals surface area contributed by atoms with Crippen LogP contribution in [0.25, 0.3) is 0 Å². The summed E-state index contributed by atoms with van der Waals surface area (Å²) >= 11 is 0. The molecule has 78 valence electrons. The third kappa shape index (κ3) is 3.23. The molecule has 1 aliphatic rings. The number of rotatable bonds is 3. The highest BCUT2D eigenvalue weighted by atomic mass is 32.3. The van der Waals surface area contributed by atoms with Crippen LogP contribution in [0.5, 0.6) is 0 Å². The molecule has 0 bridgehead atoms. The molecule has 5 heteroatoms. The molecule has 0 saturated carbocycles. The fourth-order valence-electron chi connectivity index (χ4n) is 1.92. The first-order chi connectivity index (χ1) is 5.97. The van der Waals surface area contributed by atoms with Gasteiger partial charge >= 0.3 is 10.2 Å². The van der Waals surface area contributed by atoms with Crippen molar-refractivity contribution in [2.75, 3.05) is 18.8 Å². The summed E-state index contributed by atoms with van der Waals surface area (Å²) < 4.78 is 33.7. The zero-order valence-corrected chi connectivity index (χ0v) is 8.66. The monoisotopic (exact) mass is 209 g/mol. The van der Waals surface area contributed by atoms with Gasteiger partial charge in [-0.15, -0.1) is 3.89 Å². The van der Waals surface area contributed by atoms with E-state index >= 15 is 0 Å². The van der Waals surface area contributed by atoms with E-state index in [1.165, 1.54) is 0 Å². The van der Waals surface area contributed by atoms with Gasteiger partial charge < -0.3 is 5.32 Å². The third-order valence-electron chi connectivity index (χ3n) is 2.89. The van der Waals surface area contributed by atoms with Crippen LogP contribution in [0.15, 0.2) is 0 Å². The van der Waals surface area contributed by atoms with Gasteiger partial charge in [0.2, 0.25) is 0 Å². The number of hydrogen-bond donors (Lipinski definition) is 1. The van der Waals surface area contributed by atoms with Crippen LogP contribution in [0.2, 0.25) is 0 Å². The summed E-state index contributed by atoms with van der Waals surface area (Å²) in [6.07, 6.45) is 2.25. The zero-order valence-electron chi connectivity index (χ0n) is 7.85. The minimum Gasteiger partial charge on any atom is -0.317 e. The molecule has 13 heavy (non-hydrogen) atoms. The van der Waals surface area contributed by atoms with E-state index in [2.05, 4.69) is 5.32 Å². The van der Waals surface area contributed by atoms with Crippen molar-refractivity contribution in [3.8, 4) is 0 Å². The lowest BCUT2D eigenvalue weighted by Gasteiger charge is -2.35. The van der Waals surface area contributed by atoms with Crippen molar-refractivity contribution in [2.24, 2.45) is 5.41 Å². The Bertz CT molecular complexity index is 257. The molecule has 1 rings (SSSR count). The zero-order chi connectivity index (χ0) is 9.95. The Hall–Kier alpha value is -0.160. The SMILES string of the molecule is CCC1(CS(=O)(=O)F)CCNCC1. The summed E-state index contributed by atoms with van der Waals surface area (Å²) in [6.45, 7) is 3.52.